The fourth-order valence-corrected chi connectivity index (χ4v) is 4.09. The molecule has 0 unspecified atom stereocenters. The van der Waals surface area contributed by atoms with Gasteiger partial charge in [0.05, 0.1) is 6.42 Å². The quantitative estimate of drug-likeness (QED) is 0.231. The monoisotopic (exact) mass is 467 g/mol. The van der Waals surface area contributed by atoms with Gasteiger partial charge in [-0.05, 0) is 61.6 Å². The first kappa shape index (κ1) is 25.7. The van der Waals surface area contributed by atoms with Crippen molar-refractivity contribution in [1.29, 1.82) is 0 Å². The molecule has 0 radical (unpaired) electrons. The van der Waals surface area contributed by atoms with E-state index in [1.807, 2.05) is 42.5 Å². The normalized spacial score (nSPS) is 14.5. The molecule has 8 nitrogen and oxygen atoms in total. The van der Waals surface area contributed by atoms with Crippen molar-refractivity contribution in [2.24, 2.45) is 0 Å². The van der Waals surface area contributed by atoms with E-state index in [4.69, 9.17) is 5.21 Å². The van der Waals surface area contributed by atoms with E-state index < -0.39 is 5.91 Å². The number of nitrogens with one attached hydrogen (secondary N) is 3. The zero-order chi connectivity index (χ0) is 24.2. The first-order chi connectivity index (χ1) is 16.5. The zero-order valence-corrected chi connectivity index (χ0v) is 20.1. The van der Waals surface area contributed by atoms with E-state index in [0.717, 1.165) is 69.7 Å². The Balaban J connectivity index is 1.33. The minimum atomic E-state index is -0.410. The van der Waals surface area contributed by atoms with Crippen LogP contribution in [-0.2, 0) is 24.1 Å². The van der Waals surface area contributed by atoms with Crippen molar-refractivity contribution in [1.82, 2.24) is 20.6 Å². The van der Waals surface area contributed by atoms with E-state index in [9.17, 15) is 9.59 Å². The summed E-state index contributed by atoms with van der Waals surface area (Å²) in [6.45, 7) is 5.79. The maximum atomic E-state index is 12.3. The van der Waals surface area contributed by atoms with Crippen molar-refractivity contribution in [2.75, 3.05) is 51.6 Å². The Morgan fingerprint density at radius 3 is 2.29 bits per heavy atom. The maximum Gasteiger partial charge on any atom is 0.319 e. The summed E-state index contributed by atoms with van der Waals surface area (Å²) in [7, 11) is 2.14. The summed E-state index contributed by atoms with van der Waals surface area (Å²) >= 11 is 0. The molecule has 1 saturated heterocycles. The maximum absolute atomic E-state index is 12.3. The summed E-state index contributed by atoms with van der Waals surface area (Å²) in [5, 5.41) is 14.5. The second-order valence-electron chi connectivity index (χ2n) is 8.96. The molecule has 1 heterocycles. The molecule has 2 aromatic carbocycles. The second-order valence-corrected chi connectivity index (χ2v) is 8.96. The number of unbranched alkanes of at least 4 members (excludes halogenated alkanes) is 1. The van der Waals surface area contributed by atoms with Gasteiger partial charge in [0.1, 0.15) is 0 Å². The van der Waals surface area contributed by atoms with Crippen LogP contribution < -0.4 is 16.1 Å². The number of anilines is 1. The first-order valence-corrected chi connectivity index (χ1v) is 12.1. The number of hydroxylamine groups is 1. The van der Waals surface area contributed by atoms with Crippen molar-refractivity contribution >= 4 is 17.6 Å². The number of hydrogen-bond donors (Lipinski definition) is 4. The largest absolute Gasteiger partial charge is 0.337 e. The minimum absolute atomic E-state index is 0.161. The highest BCUT2D eigenvalue weighted by Gasteiger charge is 2.13. The number of piperazine rings is 1. The van der Waals surface area contributed by atoms with Gasteiger partial charge in [-0.2, -0.15) is 0 Å². The van der Waals surface area contributed by atoms with Crippen LogP contribution in [0.2, 0.25) is 0 Å². The van der Waals surface area contributed by atoms with E-state index in [1.54, 1.807) is 5.48 Å². The fourth-order valence-electron chi connectivity index (χ4n) is 4.09. The van der Waals surface area contributed by atoms with Crippen LogP contribution in [0.3, 0.4) is 0 Å². The predicted octanol–water partition coefficient (Wildman–Crippen LogP) is 2.67. The summed E-state index contributed by atoms with van der Waals surface area (Å²) in [5.41, 5.74) is 5.79. The van der Waals surface area contributed by atoms with E-state index >= 15 is 0 Å². The summed E-state index contributed by atoms with van der Waals surface area (Å²) in [6.07, 6.45) is 4.21. The Morgan fingerprint density at radius 2 is 1.59 bits per heavy atom. The molecule has 2 aromatic rings. The van der Waals surface area contributed by atoms with Crippen molar-refractivity contribution < 1.29 is 14.8 Å². The average Bonchev–Trinajstić information content (AvgIpc) is 2.84. The van der Waals surface area contributed by atoms with Crippen LogP contribution in [0.5, 0.6) is 0 Å². The first-order valence-electron chi connectivity index (χ1n) is 12.1. The summed E-state index contributed by atoms with van der Waals surface area (Å²) in [5.74, 6) is -0.410. The molecule has 0 spiro atoms. The number of carbonyl (C=O) groups excluding carboxylic acids is 2. The topological polar surface area (TPSA) is 96.9 Å². The highest BCUT2D eigenvalue weighted by molar-refractivity contribution is 5.89. The molecule has 8 heteroatoms. The summed E-state index contributed by atoms with van der Waals surface area (Å²) < 4.78 is 0. The molecule has 3 rings (SSSR count). The number of urea groups is 1. The molecule has 1 aliphatic rings. The van der Waals surface area contributed by atoms with Crippen LogP contribution >= 0.6 is 0 Å². The van der Waals surface area contributed by atoms with Crippen molar-refractivity contribution in [2.45, 2.75) is 32.1 Å². The molecule has 0 saturated carbocycles. The number of likely N-dealkylation sites (N-methyl/N-ethyl adjacent to an activating group) is 1. The van der Waals surface area contributed by atoms with E-state index in [0.29, 0.717) is 6.54 Å². The fraction of sp³-hybridized carbons (Fsp3) is 0.462. The number of nitrogens with zero attached hydrogens (tertiary/aromatic N) is 2. The number of benzene rings is 2. The van der Waals surface area contributed by atoms with Gasteiger partial charge in [-0.15, -0.1) is 0 Å². The Hall–Kier alpha value is -2.94. The molecule has 0 aliphatic carbocycles. The lowest BCUT2D eigenvalue weighted by Crippen LogP contribution is -2.47. The second kappa shape index (κ2) is 13.7. The molecule has 3 amide bonds. The van der Waals surface area contributed by atoms with Crippen molar-refractivity contribution in [3.8, 4) is 0 Å². The number of aryl methyl sites for hydroxylation is 2. The van der Waals surface area contributed by atoms with Crippen LogP contribution in [-0.4, -0.2) is 73.3 Å². The lowest BCUT2D eigenvalue weighted by molar-refractivity contribution is -0.128. The van der Waals surface area contributed by atoms with Gasteiger partial charge in [0.25, 0.3) is 0 Å². The summed E-state index contributed by atoms with van der Waals surface area (Å²) in [4.78, 5) is 28.2. The standard InChI is InChI=1S/C26H37N5O3/c1-30-15-17-31(18-16-30)14-13-27-26(33)28-24-8-4-7-22(19-24)6-3-2-5-21-9-11-23(12-10-21)20-25(32)29-34/h4,7-12,19,34H,2-3,5-6,13-18,20H2,1H3,(H,29,32)(H2,27,28,33). The van der Waals surface area contributed by atoms with Gasteiger partial charge in [0.2, 0.25) is 5.91 Å². The number of amides is 3. The summed E-state index contributed by atoms with van der Waals surface area (Å²) in [6, 6.07) is 15.8. The molecular formula is C26H37N5O3. The van der Waals surface area contributed by atoms with Gasteiger partial charge in [0, 0.05) is 45.0 Å². The van der Waals surface area contributed by atoms with Crippen molar-refractivity contribution in [3.05, 3.63) is 65.2 Å². The van der Waals surface area contributed by atoms with Gasteiger partial charge in [0.15, 0.2) is 0 Å². The molecular weight excluding hydrogens is 430 g/mol. The lowest BCUT2D eigenvalue weighted by atomic mass is 10.0. The Kier molecular flexibility index (Phi) is 10.3. The average molecular weight is 468 g/mol. The molecule has 4 N–H and O–H groups in total. The Bertz CT molecular complexity index is 911. The molecule has 184 valence electrons. The van der Waals surface area contributed by atoms with Crippen LogP contribution in [0.15, 0.2) is 48.5 Å². The van der Waals surface area contributed by atoms with Gasteiger partial charge in [-0.3, -0.25) is 14.9 Å². The third kappa shape index (κ3) is 9.13. The Morgan fingerprint density at radius 1 is 0.912 bits per heavy atom. The number of rotatable bonds is 11. The molecule has 0 aromatic heterocycles. The van der Waals surface area contributed by atoms with Gasteiger partial charge in [-0.25, -0.2) is 10.3 Å². The van der Waals surface area contributed by atoms with Gasteiger partial charge >= 0.3 is 6.03 Å². The third-order valence-electron chi connectivity index (χ3n) is 6.19. The molecule has 1 aliphatic heterocycles. The van der Waals surface area contributed by atoms with E-state index in [1.165, 1.54) is 11.1 Å². The van der Waals surface area contributed by atoms with Crippen LogP contribution in [0.1, 0.15) is 29.5 Å². The van der Waals surface area contributed by atoms with E-state index in [-0.39, 0.29) is 12.5 Å². The van der Waals surface area contributed by atoms with Gasteiger partial charge in [-0.1, -0.05) is 36.4 Å². The minimum Gasteiger partial charge on any atom is -0.337 e. The smallest absolute Gasteiger partial charge is 0.319 e. The van der Waals surface area contributed by atoms with Crippen molar-refractivity contribution in [3.63, 3.8) is 0 Å². The van der Waals surface area contributed by atoms with Crippen LogP contribution in [0, 0.1) is 0 Å². The molecule has 34 heavy (non-hydrogen) atoms. The predicted molar refractivity (Wildman–Crippen MR) is 134 cm³/mol. The highest BCUT2D eigenvalue weighted by atomic mass is 16.5. The number of hydrogen-bond acceptors (Lipinski definition) is 5. The van der Waals surface area contributed by atoms with Crippen LogP contribution in [0.25, 0.3) is 0 Å². The Labute approximate surface area is 202 Å². The van der Waals surface area contributed by atoms with Crippen LogP contribution in [0.4, 0.5) is 10.5 Å². The van der Waals surface area contributed by atoms with Gasteiger partial charge < -0.3 is 15.5 Å². The highest BCUT2D eigenvalue weighted by Crippen LogP contribution is 2.15. The lowest BCUT2D eigenvalue weighted by Gasteiger charge is -2.32. The third-order valence-corrected chi connectivity index (χ3v) is 6.19. The molecule has 0 bridgehead atoms. The van der Waals surface area contributed by atoms with E-state index in [2.05, 4.69) is 33.5 Å². The molecule has 1 fully saturated rings. The zero-order valence-electron chi connectivity index (χ0n) is 20.1. The SMILES string of the molecule is CN1CCN(CCNC(=O)Nc2cccc(CCCCc3ccc(CC(=O)NO)cc3)c2)CC1. The molecule has 0 atom stereocenters. The number of carbonyl (C=O) groups is 2.